The molecular formula is C14H21ClN2O. The van der Waals surface area contributed by atoms with E-state index >= 15 is 0 Å². The highest BCUT2D eigenvalue weighted by molar-refractivity contribution is 6.30. The van der Waals surface area contributed by atoms with Gasteiger partial charge in [0.05, 0.1) is 0 Å². The van der Waals surface area contributed by atoms with E-state index in [4.69, 9.17) is 22.4 Å². The minimum absolute atomic E-state index is 0.285. The molecule has 1 aromatic rings. The van der Waals surface area contributed by atoms with E-state index in [1.165, 1.54) is 12.8 Å². The van der Waals surface area contributed by atoms with Gasteiger partial charge in [0, 0.05) is 29.9 Å². The normalized spacial score (nSPS) is 20.4. The zero-order valence-corrected chi connectivity index (χ0v) is 11.4. The molecule has 100 valence electrons. The average Bonchev–Trinajstić information content (AvgIpc) is 2.77. The lowest BCUT2D eigenvalue weighted by Crippen LogP contribution is -2.29. The predicted octanol–water partition coefficient (Wildman–Crippen LogP) is 2.66. The molecule has 3 nitrogen and oxygen atoms in total. The first-order valence-electron chi connectivity index (χ1n) is 6.59. The molecule has 18 heavy (non-hydrogen) atoms. The van der Waals surface area contributed by atoms with Crippen molar-refractivity contribution < 1.29 is 5.11 Å². The van der Waals surface area contributed by atoms with Crippen molar-refractivity contribution in [1.82, 2.24) is 4.90 Å². The number of halogens is 1. The van der Waals surface area contributed by atoms with Crippen LogP contribution in [0.2, 0.25) is 5.02 Å². The maximum absolute atomic E-state index is 8.92. The molecule has 1 fully saturated rings. The Bertz CT molecular complexity index is 397. The quantitative estimate of drug-likeness (QED) is 0.808. The molecule has 1 aromatic carbocycles. The Balaban J connectivity index is 1.99. The van der Waals surface area contributed by atoms with Crippen LogP contribution in [-0.4, -0.2) is 29.2 Å². The fourth-order valence-corrected chi connectivity index (χ4v) is 2.87. The summed E-state index contributed by atoms with van der Waals surface area (Å²) in [7, 11) is 0. The summed E-state index contributed by atoms with van der Waals surface area (Å²) < 4.78 is 0. The molecule has 3 N–H and O–H groups in total. The minimum Gasteiger partial charge on any atom is -0.398 e. The Kier molecular flexibility index (Phi) is 4.87. The molecule has 4 heteroatoms. The van der Waals surface area contributed by atoms with Gasteiger partial charge in [0.15, 0.2) is 0 Å². The first-order valence-corrected chi connectivity index (χ1v) is 6.97. The highest BCUT2D eigenvalue weighted by atomic mass is 35.5. The molecule has 0 aliphatic carbocycles. The summed E-state index contributed by atoms with van der Waals surface area (Å²) in [5.74, 6) is 0. The number of nitrogens with two attached hydrogens (primary N) is 1. The van der Waals surface area contributed by atoms with Gasteiger partial charge in [-0.05, 0) is 49.9 Å². The Morgan fingerprint density at radius 3 is 3.00 bits per heavy atom. The molecule has 0 amide bonds. The molecule has 1 saturated heterocycles. The van der Waals surface area contributed by atoms with Crippen LogP contribution in [0.3, 0.4) is 0 Å². The molecule has 0 aromatic heterocycles. The molecule has 0 saturated carbocycles. The second kappa shape index (κ2) is 6.41. The van der Waals surface area contributed by atoms with Gasteiger partial charge in [0.25, 0.3) is 0 Å². The monoisotopic (exact) mass is 268 g/mol. The van der Waals surface area contributed by atoms with Crippen LogP contribution < -0.4 is 5.73 Å². The second-order valence-corrected chi connectivity index (χ2v) is 5.41. The molecule has 1 aliphatic rings. The Labute approximate surface area is 114 Å². The third kappa shape index (κ3) is 3.37. The Hall–Kier alpha value is -0.770. The Morgan fingerprint density at radius 2 is 2.28 bits per heavy atom. The highest BCUT2D eigenvalue weighted by Gasteiger charge is 2.24. The van der Waals surface area contributed by atoms with Gasteiger partial charge in [-0.1, -0.05) is 17.7 Å². The number of aliphatic hydroxyl groups is 1. The van der Waals surface area contributed by atoms with E-state index in [-0.39, 0.29) is 6.61 Å². The van der Waals surface area contributed by atoms with E-state index in [9.17, 15) is 0 Å². The van der Waals surface area contributed by atoms with E-state index in [1.807, 2.05) is 18.2 Å². The topological polar surface area (TPSA) is 49.5 Å². The maximum Gasteiger partial charge on any atom is 0.0431 e. The molecule has 1 atom stereocenters. The third-order valence-corrected chi connectivity index (χ3v) is 3.91. The molecule has 2 rings (SSSR count). The largest absolute Gasteiger partial charge is 0.398 e. The van der Waals surface area contributed by atoms with Crippen molar-refractivity contribution in [2.75, 3.05) is 18.9 Å². The molecule has 1 heterocycles. The predicted molar refractivity (Wildman–Crippen MR) is 75.6 cm³/mol. The first-order chi connectivity index (χ1) is 8.70. The average molecular weight is 269 g/mol. The molecular weight excluding hydrogens is 248 g/mol. The van der Waals surface area contributed by atoms with Crippen molar-refractivity contribution >= 4 is 17.3 Å². The smallest absolute Gasteiger partial charge is 0.0431 e. The zero-order chi connectivity index (χ0) is 13.0. The summed E-state index contributed by atoms with van der Waals surface area (Å²) >= 11 is 5.91. The summed E-state index contributed by atoms with van der Waals surface area (Å²) in [4.78, 5) is 2.47. The van der Waals surface area contributed by atoms with Crippen molar-refractivity contribution in [3.63, 3.8) is 0 Å². The fourth-order valence-electron chi connectivity index (χ4n) is 2.69. The number of aliphatic hydroxyl groups excluding tert-OH is 1. The van der Waals surface area contributed by atoms with Crippen LogP contribution in [0.25, 0.3) is 0 Å². The van der Waals surface area contributed by atoms with E-state index < -0.39 is 0 Å². The molecule has 0 radical (unpaired) electrons. The first kappa shape index (κ1) is 13.7. The van der Waals surface area contributed by atoms with E-state index in [1.54, 1.807) is 0 Å². The van der Waals surface area contributed by atoms with Gasteiger partial charge in [0.2, 0.25) is 0 Å². The van der Waals surface area contributed by atoms with Gasteiger partial charge < -0.3 is 10.8 Å². The lowest BCUT2D eigenvalue weighted by Gasteiger charge is -2.25. The van der Waals surface area contributed by atoms with Crippen molar-refractivity contribution in [1.29, 1.82) is 0 Å². The van der Waals surface area contributed by atoms with Crippen molar-refractivity contribution in [3.05, 3.63) is 28.8 Å². The van der Waals surface area contributed by atoms with Crippen LogP contribution >= 0.6 is 11.6 Å². The highest BCUT2D eigenvalue weighted by Crippen LogP contribution is 2.26. The van der Waals surface area contributed by atoms with E-state index in [0.717, 1.165) is 37.2 Å². The van der Waals surface area contributed by atoms with Gasteiger partial charge in [0.1, 0.15) is 0 Å². The summed E-state index contributed by atoms with van der Waals surface area (Å²) in [5, 5.41) is 9.61. The van der Waals surface area contributed by atoms with Crippen LogP contribution in [-0.2, 0) is 6.54 Å². The summed E-state index contributed by atoms with van der Waals surface area (Å²) in [5.41, 5.74) is 7.92. The number of hydrogen-bond donors (Lipinski definition) is 2. The van der Waals surface area contributed by atoms with Gasteiger partial charge in [-0.3, -0.25) is 4.90 Å². The van der Waals surface area contributed by atoms with Crippen LogP contribution in [0.15, 0.2) is 18.2 Å². The second-order valence-electron chi connectivity index (χ2n) is 4.98. The van der Waals surface area contributed by atoms with Crippen molar-refractivity contribution in [2.45, 2.75) is 38.3 Å². The zero-order valence-electron chi connectivity index (χ0n) is 10.6. The number of anilines is 1. The van der Waals surface area contributed by atoms with Crippen LogP contribution in [0.1, 0.15) is 31.2 Å². The summed E-state index contributed by atoms with van der Waals surface area (Å²) in [6, 6.07) is 6.31. The van der Waals surface area contributed by atoms with Gasteiger partial charge >= 0.3 is 0 Å². The number of likely N-dealkylation sites (tertiary alicyclic amines) is 1. The number of nitrogens with zero attached hydrogens (tertiary/aromatic N) is 1. The van der Waals surface area contributed by atoms with E-state index in [2.05, 4.69) is 4.90 Å². The van der Waals surface area contributed by atoms with Crippen molar-refractivity contribution in [2.24, 2.45) is 0 Å². The van der Waals surface area contributed by atoms with Crippen LogP contribution in [0, 0.1) is 0 Å². The standard InChI is InChI=1S/C14H21ClN2O/c15-12-6-5-11(14(16)9-12)10-17-7-1-3-13(17)4-2-8-18/h5-6,9,13,18H,1-4,7-8,10,16H2. The number of hydrogen-bond acceptors (Lipinski definition) is 3. The molecule has 1 unspecified atom stereocenters. The number of benzene rings is 1. The summed E-state index contributed by atoms with van der Waals surface area (Å²) in [6.07, 6.45) is 4.43. The van der Waals surface area contributed by atoms with Crippen molar-refractivity contribution in [3.8, 4) is 0 Å². The maximum atomic E-state index is 8.92. The number of nitrogen functional groups attached to an aromatic ring is 1. The lowest BCUT2D eigenvalue weighted by molar-refractivity contribution is 0.210. The van der Waals surface area contributed by atoms with E-state index in [0.29, 0.717) is 11.1 Å². The summed E-state index contributed by atoms with van der Waals surface area (Å²) in [6.45, 7) is 2.30. The van der Waals surface area contributed by atoms with Gasteiger partial charge in [-0.2, -0.15) is 0 Å². The lowest BCUT2D eigenvalue weighted by atomic mass is 10.1. The van der Waals surface area contributed by atoms with Gasteiger partial charge in [-0.25, -0.2) is 0 Å². The fraction of sp³-hybridized carbons (Fsp3) is 0.571. The molecule has 0 spiro atoms. The van der Waals surface area contributed by atoms with Crippen LogP contribution in [0.4, 0.5) is 5.69 Å². The Morgan fingerprint density at radius 1 is 1.44 bits per heavy atom. The molecule has 1 aliphatic heterocycles. The molecule has 0 bridgehead atoms. The van der Waals surface area contributed by atoms with Crippen LogP contribution in [0.5, 0.6) is 0 Å². The SMILES string of the molecule is Nc1cc(Cl)ccc1CN1CCCC1CCCO. The number of rotatable bonds is 5. The third-order valence-electron chi connectivity index (χ3n) is 3.68. The van der Waals surface area contributed by atoms with Gasteiger partial charge in [-0.15, -0.1) is 0 Å². The minimum atomic E-state index is 0.285.